The third-order valence-corrected chi connectivity index (χ3v) is 3.13. The average molecular weight is 308 g/mol. The quantitative estimate of drug-likeness (QED) is 0.500. The minimum Gasteiger partial charge on any atom is -0.493 e. The number of nitrogens with zero attached hydrogens (tertiary/aromatic N) is 2. The minimum atomic E-state index is -1.06. The van der Waals surface area contributed by atoms with E-state index in [1.54, 1.807) is 54.6 Å². The van der Waals surface area contributed by atoms with E-state index in [4.69, 9.17) is 0 Å². The number of hydrogen-bond acceptors (Lipinski definition) is 4. The van der Waals surface area contributed by atoms with Crippen LogP contribution in [0.25, 0.3) is 10.9 Å². The lowest BCUT2D eigenvalue weighted by molar-refractivity contribution is -0.134. The Hall–Kier alpha value is -3.48. The van der Waals surface area contributed by atoms with E-state index in [1.807, 2.05) is 0 Å². The first-order chi connectivity index (χ1) is 11.1. The van der Waals surface area contributed by atoms with Crippen molar-refractivity contribution in [1.82, 2.24) is 4.98 Å². The lowest BCUT2D eigenvalue weighted by Gasteiger charge is -2.00. The number of aromatic amines is 1. The van der Waals surface area contributed by atoms with Gasteiger partial charge in [-0.2, -0.15) is 0 Å². The predicted octanol–water partition coefficient (Wildman–Crippen LogP) is 3.12. The van der Waals surface area contributed by atoms with Gasteiger partial charge in [-0.1, -0.05) is 36.4 Å². The molecule has 3 N–H and O–H groups in total. The first kappa shape index (κ1) is 14.5. The smallest absolute Gasteiger partial charge is 0.353 e. The van der Waals surface area contributed by atoms with Gasteiger partial charge in [-0.15, -0.1) is 10.2 Å². The Labute approximate surface area is 130 Å². The van der Waals surface area contributed by atoms with Crippen LogP contribution in [0.1, 0.15) is 0 Å². The summed E-state index contributed by atoms with van der Waals surface area (Å²) in [7, 11) is 0. The number of aromatic nitrogens is 1. The van der Waals surface area contributed by atoms with Gasteiger partial charge in [0.25, 0.3) is 0 Å². The maximum absolute atomic E-state index is 11.7. The molecule has 7 nitrogen and oxygen atoms in total. The first-order valence-corrected chi connectivity index (χ1v) is 6.77. The summed E-state index contributed by atoms with van der Waals surface area (Å²) in [4.78, 5) is 26.2. The number of H-pyrrole nitrogens is 1. The summed E-state index contributed by atoms with van der Waals surface area (Å²) in [6.45, 7) is 0. The van der Waals surface area contributed by atoms with E-state index < -0.39 is 11.8 Å². The number of hydrogen-bond donors (Lipinski definition) is 3. The zero-order chi connectivity index (χ0) is 16.2. The zero-order valence-corrected chi connectivity index (χ0v) is 11.9. The summed E-state index contributed by atoms with van der Waals surface area (Å²) in [6, 6.07) is 15.6. The molecule has 2 aromatic carbocycles. The van der Waals surface area contributed by atoms with Crippen LogP contribution in [-0.2, 0) is 9.59 Å². The van der Waals surface area contributed by atoms with Crippen LogP contribution in [0.2, 0.25) is 0 Å². The number of fused-ring (bicyclic) bond motifs is 1. The fraction of sp³-hybridized carbons (Fsp3) is 0. The standard InChI is InChI=1S/C16H12N4O3/c21-14-13(11-8-4-5-9-12(11)18-14)19-20-16(23)15(22)17-10-6-2-1-3-7-10/h1-9,18,21H,(H,17,22). The molecule has 23 heavy (non-hydrogen) atoms. The Kier molecular flexibility index (Phi) is 3.84. The maximum atomic E-state index is 11.7. The van der Waals surface area contributed by atoms with E-state index in [2.05, 4.69) is 20.5 Å². The van der Waals surface area contributed by atoms with Crippen molar-refractivity contribution in [2.45, 2.75) is 0 Å². The van der Waals surface area contributed by atoms with Crippen LogP contribution in [0, 0.1) is 0 Å². The third kappa shape index (κ3) is 3.08. The number of carbonyl (C=O) groups is 2. The molecular formula is C16H12N4O3. The number of rotatable bonds is 2. The Morgan fingerprint density at radius 1 is 1.00 bits per heavy atom. The van der Waals surface area contributed by atoms with Gasteiger partial charge in [0.15, 0.2) is 5.69 Å². The minimum absolute atomic E-state index is 0.112. The molecule has 0 bridgehead atoms. The molecule has 0 atom stereocenters. The highest BCUT2D eigenvalue weighted by atomic mass is 16.3. The van der Waals surface area contributed by atoms with E-state index >= 15 is 0 Å². The second-order valence-corrected chi connectivity index (χ2v) is 4.69. The lowest BCUT2D eigenvalue weighted by atomic mass is 10.2. The highest BCUT2D eigenvalue weighted by Crippen LogP contribution is 2.35. The largest absolute Gasteiger partial charge is 0.493 e. The van der Waals surface area contributed by atoms with Gasteiger partial charge in [-0.05, 0) is 18.2 Å². The van der Waals surface area contributed by atoms with Crippen LogP contribution in [-0.4, -0.2) is 21.9 Å². The van der Waals surface area contributed by atoms with Crippen LogP contribution in [0.5, 0.6) is 5.88 Å². The number of aromatic hydroxyl groups is 1. The van der Waals surface area contributed by atoms with Crippen molar-refractivity contribution in [3.63, 3.8) is 0 Å². The summed E-state index contributed by atoms with van der Waals surface area (Å²) >= 11 is 0. The summed E-state index contributed by atoms with van der Waals surface area (Å²) in [5, 5.41) is 19.9. The predicted molar refractivity (Wildman–Crippen MR) is 84.6 cm³/mol. The molecule has 0 aliphatic rings. The first-order valence-electron chi connectivity index (χ1n) is 6.77. The summed E-state index contributed by atoms with van der Waals surface area (Å²) in [5.74, 6) is -2.18. The van der Waals surface area contributed by atoms with Crippen LogP contribution >= 0.6 is 0 Å². The monoisotopic (exact) mass is 308 g/mol. The van der Waals surface area contributed by atoms with Crippen LogP contribution in [0.15, 0.2) is 64.8 Å². The fourth-order valence-corrected chi connectivity index (χ4v) is 2.06. The van der Waals surface area contributed by atoms with E-state index in [-0.39, 0.29) is 11.6 Å². The van der Waals surface area contributed by atoms with Gasteiger partial charge in [0.05, 0.1) is 5.52 Å². The highest BCUT2D eigenvalue weighted by molar-refractivity contribution is 6.40. The van der Waals surface area contributed by atoms with Gasteiger partial charge in [-0.25, -0.2) is 0 Å². The van der Waals surface area contributed by atoms with E-state index in [0.29, 0.717) is 16.6 Å². The topological polar surface area (TPSA) is 107 Å². The van der Waals surface area contributed by atoms with Gasteiger partial charge in [-0.3, -0.25) is 9.59 Å². The molecule has 0 saturated carbocycles. The molecule has 1 heterocycles. The maximum Gasteiger partial charge on any atom is 0.353 e. The number of benzene rings is 2. The van der Waals surface area contributed by atoms with Gasteiger partial charge in [0.1, 0.15) is 0 Å². The molecule has 0 spiro atoms. The number of carbonyl (C=O) groups excluding carboxylic acids is 2. The second-order valence-electron chi connectivity index (χ2n) is 4.69. The van der Waals surface area contributed by atoms with Crippen molar-refractivity contribution in [1.29, 1.82) is 0 Å². The SMILES string of the molecule is O=C(N=Nc1c(O)[nH]c2ccccc12)C(=O)Nc1ccccc1. The van der Waals surface area contributed by atoms with E-state index in [1.165, 1.54) is 0 Å². The molecule has 7 heteroatoms. The van der Waals surface area contributed by atoms with Gasteiger partial charge in [0.2, 0.25) is 5.88 Å². The molecule has 1 aromatic heterocycles. The fourth-order valence-electron chi connectivity index (χ4n) is 2.06. The van der Waals surface area contributed by atoms with Gasteiger partial charge >= 0.3 is 11.8 Å². The molecule has 0 aliphatic heterocycles. The van der Waals surface area contributed by atoms with E-state index in [9.17, 15) is 14.7 Å². The Balaban J connectivity index is 1.77. The summed E-state index contributed by atoms with van der Waals surface area (Å²) in [5.41, 5.74) is 1.25. The molecule has 0 saturated heterocycles. The number of nitrogens with one attached hydrogen (secondary N) is 2. The molecule has 0 unspecified atom stereocenters. The number of azo groups is 1. The van der Waals surface area contributed by atoms with Crippen molar-refractivity contribution in [3.05, 3.63) is 54.6 Å². The average Bonchev–Trinajstić information content (AvgIpc) is 2.88. The Bertz CT molecular complexity index is 900. The van der Waals surface area contributed by atoms with Crippen molar-refractivity contribution < 1.29 is 14.7 Å². The lowest BCUT2D eigenvalue weighted by Crippen LogP contribution is -2.20. The normalized spacial score (nSPS) is 11.0. The third-order valence-electron chi connectivity index (χ3n) is 3.13. The summed E-state index contributed by atoms with van der Waals surface area (Å²) in [6.07, 6.45) is 0. The van der Waals surface area contributed by atoms with Crippen LogP contribution in [0.4, 0.5) is 11.4 Å². The number of para-hydroxylation sites is 2. The Morgan fingerprint density at radius 3 is 2.48 bits per heavy atom. The van der Waals surface area contributed by atoms with Crippen molar-refractivity contribution in [2.24, 2.45) is 10.2 Å². The summed E-state index contributed by atoms with van der Waals surface area (Å²) < 4.78 is 0. The molecule has 3 aromatic rings. The molecule has 114 valence electrons. The molecular weight excluding hydrogens is 296 g/mol. The van der Waals surface area contributed by atoms with Crippen LogP contribution < -0.4 is 5.32 Å². The van der Waals surface area contributed by atoms with Crippen molar-refractivity contribution >= 4 is 34.1 Å². The van der Waals surface area contributed by atoms with Gasteiger partial charge in [0, 0.05) is 11.1 Å². The molecule has 0 aliphatic carbocycles. The second kappa shape index (κ2) is 6.10. The molecule has 3 rings (SSSR count). The Morgan fingerprint density at radius 2 is 1.70 bits per heavy atom. The zero-order valence-electron chi connectivity index (χ0n) is 11.9. The molecule has 0 fully saturated rings. The van der Waals surface area contributed by atoms with Crippen LogP contribution in [0.3, 0.4) is 0 Å². The van der Waals surface area contributed by atoms with E-state index in [0.717, 1.165) is 0 Å². The molecule has 0 radical (unpaired) electrons. The number of anilines is 1. The van der Waals surface area contributed by atoms with Crippen molar-refractivity contribution in [3.8, 4) is 5.88 Å². The molecule has 2 amide bonds. The highest BCUT2D eigenvalue weighted by Gasteiger charge is 2.15. The van der Waals surface area contributed by atoms with Crippen molar-refractivity contribution in [2.75, 3.05) is 5.32 Å². The number of amides is 2. The van der Waals surface area contributed by atoms with Gasteiger partial charge < -0.3 is 15.4 Å².